The Balaban J connectivity index is 1.72. The average Bonchev–Trinajstić information content (AvgIpc) is 3.13. The van der Waals surface area contributed by atoms with E-state index in [4.69, 9.17) is 4.74 Å². The normalized spacial score (nSPS) is 16.0. The number of nitro benzene ring substituents is 1. The molecule has 0 bridgehead atoms. The van der Waals surface area contributed by atoms with Crippen LogP contribution in [0.5, 0.6) is 5.75 Å². The number of ether oxygens (including phenoxy) is 1. The van der Waals surface area contributed by atoms with Gasteiger partial charge in [0.25, 0.3) is 11.6 Å². The zero-order chi connectivity index (χ0) is 20.7. The number of hydrogen-bond donors (Lipinski definition) is 1. The van der Waals surface area contributed by atoms with E-state index in [-0.39, 0.29) is 35.6 Å². The molecule has 0 aliphatic carbocycles. The van der Waals surface area contributed by atoms with E-state index in [1.165, 1.54) is 23.1 Å². The third kappa shape index (κ3) is 3.22. The number of ketones is 1. The Morgan fingerprint density at radius 3 is 2.76 bits per heavy atom. The maximum atomic E-state index is 13.0. The molecule has 1 amide bonds. The Hall–Kier alpha value is -3.68. The average molecular weight is 393 g/mol. The van der Waals surface area contributed by atoms with Gasteiger partial charge in [-0.25, -0.2) is 0 Å². The summed E-state index contributed by atoms with van der Waals surface area (Å²) >= 11 is 0. The highest BCUT2D eigenvalue weighted by molar-refractivity contribution is 6.13. The number of aromatic nitrogens is 1. The summed E-state index contributed by atoms with van der Waals surface area (Å²) < 4.78 is 5.76. The molecule has 1 aliphatic heterocycles. The van der Waals surface area contributed by atoms with Crippen LogP contribution in [0.3, 0.4) is 0 Å². The van der Waals surface area contributed by atoms with Crippen LogP contribution in [-0.2, 0) is 4.79 Å². The van der Waals surface area contributed by atoms with Gasteiger partial charge in [-0.1, -0.05) is 32.0 Å². The highest BCUT2D eigenvalue weighted by atomic mass is 16.6. The minimum Gasteiger partial charge on any atom is -0.478 e. The van der Waals surface area contributed by atoms with Crippen LogP contribution in [0.15, 0.2) is 48.7 Å². The Labute approximate surface area is 166 Å². The topological polar surface area (TPSA) is 106 Å². The fourth-order valence-electron chi connectivity index (χ4n) is 3.51. The van der Waals surface area contributed by atoms with Gasteiger partial charge < -0.3 is 9.72 Å². The lowest BCUT2D eigenvalue weighted by molar-refractivity contribution is -0.384. The van der Waals surface area contributed by atoms with Crippen LogP contribution in [-0.4, -0.2) is 34.2 Å². The van der Waals surface area contributed by atoms with Crippen molar-refractivity contribution >= 4 is 34.0 Å². The number of carbonyl (C=O) groups is 2. The zero-order valence-electron chi connectivity index (χ0n) is 15.9. The number of rotatable bonds is 5. The van der Waals surface area contributed by atoms with Gasteiger partial charge in [0.05, 0.1) is 23.2 Å². The van der Waals surface area contributed by atoms with Gasteiger partial charge in [-0.15, -0.1) is 0 Å². The molecule has 1 aromatic heterocycles. The number of nitrogens with zero attached hydrogens (tertiary/aromatic N) is 2. The van der Waals surface area contributed by atoms with E-state index in [2.05, 4.69) is 4.98 Å². The van der Waals surface area contributed by atoms with Crippen molar-refractivity contribution in [2.75, 3.05) is 11.4 Å². The number of aromatic amines is 1. The number of carbonyl (C=O) groups excluding carboxylic acids is 2. The quantitative estimate of drug-likeness (QED) is 0.404. The van der Waals surface area contributed by atoms with Gasteiger partial charge >= 0.3 is 0 Å². The highest BCUT2D eigenvalue weighted by Gasteiger charge is 2.38. The number of Topliss-reactive ketones (excluding diaryl/α,β-unsaturated/α-hetero) is 1. The summed E-state index contributed by atoms with van der Waals surface area (Å²) in [6.45, 7) is 3.47. The van der Waals surface area contributed by atoms with Crippen LogP contribution in [0.2, 0.25) is 0 Å². The van der Waals surface area contributed by atoms with E-state index in [1.54, 1.807) is 6.20 Å². The molecule has 1 atom stereocenters. The van der Waals surface area contributed by atoms with Crippen molar-refractivity contribution < 1.29 is 19.2 Å². The van der Waals surface area contributed by atoms with Gasteiger partial charge in [0.15, 0.2) is 17.6 Å². The van der Waals surface area contributed by atoms with Crippen LogP contribution < -0.4 is 9.64 Å². The van der Waals surface area contributed by atoms with Crippen LogP contribution >= 0.6 is 0 Å². The maximum absolute atomic E-state index is 13.0. The smallest absolute Gasteiger partial charge is 0.273 e. The molecule has 2 heterocycles. The first-order valence-electron chi connectivity index (χ1n) is 9.22. The lowest BCUT2D eigenvalue weighted by Gasteiger charge is -2.35. The van der Waals surface area contributed by atoms with Gasteiger partial charge in [-0.2, -0.15) is 0 Å². The van der Waals surface area contributed by atoms with Crippen molar-refractivity contribution in [3.05, 3.63) is 64.3 Å². The number of amides is 1. The first-order valence-corrected chi connectivity index (χ1v) is 9.22. The molecular formula is C21H19N3O5. The molecule has 3 aromatic rings. The molecule has 1 N–H and O–H groups in total. The van der Waals surface area contributed by atoms with Crippen molar-refractivity contribution in [1.82, 2.24) is 4.98 Å². The number of non-ortho nitro benzene ring substituents is 1. The predicted octanol–water partition coefficient (Wildman–Crippen LogP) is 3.71. The molecular weight excluding hydrogens is 374 g/mol. The van der Waals surface area contributed by atoms with E-state index >= 15 is 0 Å². The minimum absolute atomic E-state index is 0.136. The summed E-state index contributed by atoms with van der Waals surface area (Å²) in [7, 11) is 0. The van der Waals surface area contributed by atoms with Gasteiger partial charge in [-0.3, -0.25) is 24.6 Å². The number of nitrogens with one attached hydrogen (secondary N) is 1. The molecule has 0 saturated heterocycles. The SMILES string of the molecule is CC(C)C1Oc2cc([N+](=O)[O-])ccc2N(CC(=O)c2c[nH]c3ccccc23)C1=O. The number of nitro groups is 1. The van der Waals surface area contributed by atoms with Gasteiger partial charge in [0, 0.05) is 28.7 Å². The first kappa shape index (κ1) is 18.7. The number of anilines is 1. The summed E-state index contributed by atoms with van der Waals surface area (Å²) in [6, 6.07) is 11.5. The number of para-hydroxylation sites is 1. The molecule has 0 spiro atoms. The summed E-state index contributed by atoms with van der Waals surface area (Å²) in [6.07, 6.45) is 0.814. The predicted molar refractivity (Wildman–Crippen MR) is 107 cm³/mol. The van der Waals surface area contributed by atoms with E-state index in [0.717, 1.165) is 10.9 Å². The summed E-state index contributed by atoms with van der Waals surface area (Å²) in [5, 5.41) is 11.9. The number of H-pyrrole nitrogens is 1. The molecule has 4 rings (SSSR count). The fraction of sp³-hybridized carbons (Fsp3) is 0.238. The maximum Gasteiger partial charge on any atom is 0.273 e. The molecule has 29 heavy (non-hydrogen) atoms. The second-order valence-corrected chi connectivity index (χ2v) is 7.29. The lowest BCUT2D eigenvalue weighted by Crippen LogP contribution is -2.50. The molecule has 148 valence electrons. The molecule has 0 fully saturated rings. The van der Waals surface area contributed by atoms with Crippen LogP contribution in [0.4, 0.5) is 11.4 Å². The van der Waals surface area contributed by atoms with E-state index < -0.39 is 11.0 Å². The fourth-order valence-corrected chi connectivity index (χ4v) is 3.51. The zero-order valence-corrected chi connectivity index (χ0v) is 15.9. The largest absolute Gasteiger partial charge is 0.478 e. The molecule has 2 aromatic carbocycles. The van der Waals surface area contributed by atoms with Crippen molar-refractivity contribution in [3.8, 4) is 5.75 Å². The molecule has 0 radical (unpaired) electrons. The van der Waals surface area contributed by atoms with Crippen molar-refractivity contribution in [2.24, 2.45) is 5.92 Å². The molecule has 8 heteroatoms. The molecule has 8 nitrogen and oxygen atoms in total. The second-order valence-electron chi connectivity index (χ2n) is 7.29. The van der Waals surface area contributed by atoms with Crippen LogP contribution in [0, 0.1) is 16.0 Å². The Kier molecular flexibility index (Phi) is 4.54. The van der Waals surface area contributed by atoms with Crippen LogP contribution in [0.25, 0.3) is 10.9 Å². The van der Waals surface area contributed by atoms with Crippen molar-refractivity contribution in [2.45, 2.75) is 20.0 Å². The highest BCUT2D eigenvalue weighted by Crippen LogP contribution is 2.38. The Bertz CT molecular complexity index is 1130. The van der Waals surface area contributed by atoms with E-state index in [9.17, 15) is 19.7 Å². The summed E-state index contributed by atoms with van der Waals surface area (Å²) in [4.78, 5) is 41.1. The standard InChI is InChI=1S/C21H19N3O5/c1-12(2)20-21(26)23(17-8-7-13(24(27)28)9-19(17)29-20)11-18(25)15-10-22-16-6-4-3-5-14(15)16/h3-10,12,20,22H,11H2,1-2H3. The molecule has 1 unspecified atom stereocenters. The van der Waals surface area contributed by atoms with Crippen LogP contribution in [0.1, 0.15) is 24.2 Å². The Morgan fingerprint density at radius 1 is 1.28 bits per heavy atom. The third-order valence-corrected chi connectivity index (χ3v) is 5.01. The second kappa shape index (κ2) is 7.05. The third-order valence-electron chi connectivity index (χ3n) is 5.01. The van der Waals surface area contributed by atoms with Gasteiger partial charge in [0.2, 0.25) is 0 Å². The van der Waals surface area contributed by atoms with Crippen molar-refractivity contribution in [1.29, 1.82) is 0 Å². The molecule has 1 aliphatic rings. The summed E-state index contributed by atoms with van der Waals surface area (Å²) in [5.74, 6) is -0.510. The lowest BCUT2D eigenvalue weighted by atomic mass is 10.0. The van der Waals surface area contributed by atoms with Gasteiger partial charge in [-0.05, 0) is 18.1 Å². The number of benzene rings is 2. The molecule has 0 saturated carbocycles. The van der Waals surface area contributed by atoms with E-state index in [0.29, 0.717) is 11.3 Å². The number of fused-ring (bicyclic) bond motifs is 2. The first-order chi connectivity index (χ1) is 13.9. The van der Waals surface area contributed by atoms with E-state index in [1.807, 2.05) is 38.1 Å². The number of hydrogen-bond acceptors (Lipinski definition) is 5. The van der Waals surface area contributed by atoms with Gasteiger partial charge in [0.1, 0.15) is 0 Å². The summed E-state index contributed by atoms with van der Waals surface area (Å²) in [5.41, 5.74) is 1.54. The Morgan fingerprint density at radius 2 is 2.03 bits per heavy atom. The monoisotopic (exact) mass is 393 g/mol. The van der Waals surface area contributed by atoms with Crippen molar-refractivity contribution in [3.63, 3.8) is 0 Å². The minimum atomic E-state index is -0.819.